The van der Waals surface area contributed by atoms with Crippen LogP contribution in [-0.2, 0) is 16.6 Å². The summed E-state index contributed by atoms with van der Waals surface area (Å²) in [6.45, 7) is 5.27. The minimum absolute atomic E-state index is 0.0227. The highest BCUT2D eigenvalue weighted by atomic mass is 16.6. The Labute approximate surface area is 191 Å². The molecule has 4 aliphatic carbocycles. The first-order chi connectivity index (χ1) is 15.3. The molecule has 0 amide bonds. The van der Waals surface area contributed by atoms with E-state index in [-0.39, 0.29) is 22.9 Å². The predicted molar refractivity (Wildman–Crippen MR) is 123 cm³/mol. The van der Waals surface area contributed by atoms with Gasteiger partial charge in [-0.05, 0) is 57.8 Å². The summed E-state index contributed by atoms with van der Waals surface area (Å²) in [5.74, 6) is 1.71. The van der Waals surface area contributed by atoms with Crippen molar-refractivity contribution in [3.8, 4) is 11.5 Å². The fourth-order valence-electron chi connectivity index (χ4n) is 8.62. The fraction of sp³-hybridized carbons (Fsp3) is 0.704. The Hall–Kier alpha value is -1.56. The van der Waals surface area contributed by atoms with E-state index in [1.165, 1.54) is 11.1 Å². The summed E-state index contributed by atoms with van der Waals surface area (Å²) >= 11 is 0. The van der Waals surface area contributed by atoms with E-state index in [0.29, 0.717) is 6.04 Å². The van der Waals surface area contributed by atoms with E-state index in [2.05, 4.69) is 43.2 Å². The van der Waals surface area contributed by atoms with Gasteiger partial charge < -0.3 is 24.2 Å². The van der Waals surface area contributed by atoms with E-state index in [4.69, 9.17) is 14.2 Å². The van der Waals surface area contributed by atoms with Crippen LogP contribution in [0.5, 0.6) is 11.5 Å². The molecule has 6 aliphatic rings. The van der Waals surface area contributed by atoms with Crippen LogP contribution in [0.25, 0.3) is 0 Å². The maximum absolute atomic E-state index is 11.9. The van der Waals surface area contributed by atoms with Crippen LogP contribution in [0.15, 0.2) is 24.3 Å². The van der Waals surface area contributed by atoms with E-state index in [1.807, 2.05) is 14.0 Å². The Balaban J connectivity index is 1.62. The molecule has 5 heteroatoms. The average molecular weight is 440 g/mol. The SMILES string of the molecule is CCCC[C@@](C)(O)[C@H]1CC23C=C[C@@]1(OC)[C@@H]1Oc4c(OC)ccc5c4[C@@]12CCN(C)[C@@H]3C5. The second-order valence-corrected chi connectivity index (χ2v) is 11.2. The molecule has 1 unspecified atom stereocenters. The minimum Gasteiger partial charge on any atom is -0.493 e. The van der Waals surface area contributed by atoms with Crippen molar-refractivity contribution in [3.05, 3.63) is 35.4 Å². The Morgan fingerprint density at radius 3 is 2.81 bits per heavy atom. The molecule has 7 atom stereocenters. The summed E-state index contributed by atoms with van der Waals surface area (Å²) in [7, 11) is 5.81. The molecule has 2 aliphatic heterocycles. The molecule has 0 radical (unpaired) electrons. The summed E-state index contributed by atoms with van der Waals surface area (Å²) in [6, 6.07) is 4.72. The standard InChI is InChI=1S/C27H37NO4/c1-6-7-10-24(2,29)19-16-25-11-12-27(19,31-5)23-26(25)13-14-28(3)20(25)15-17-8-9-18(30-4)22(32-23)21(17)26/h8-9,11-12,19-20,23,29H,6-7,10,13-16H2,1-5H3/t19-,20-,23-,24-,25?,26+,27+/m1/s1. The molecular formula is C27H37NO4. The molecule has 1 aromatic carbocycles. The number of likely N-dealkylation sites (tertiary alicyclic amines) is 1. The van der Waals surface area contributed by atoms with Gasteiger partial charge in [-0.2, -0.15) is 0 Å². The fourth-order valence-corrected chi connectivity index (χ4v) is 8.62. The number of aliphatic hydroxyl groups is 1. The molecule has 0 aromatic heterocycles. The van der Waals surface area contributed by atoms with Crippen LogP contribution in [-0.4, -0.2) is 61.2 Å². The van der Waals surface area contributed by atoms with Crippen LogP contribution in [0.1, 0.15) is 57.1 Å². The van der Waals surface area contributed by atoms with Gasteiger partial charge in [0.15, 0.2) is 11.5 Å². The van der Waals surface area contributed by atoms with Gasteiger partial charge in [0.25, 0.3) is 0 Å². The Morgan fingerprint density at radius 1 is 1.28 bits per heavy atom. The van der Waals surface area contributed by atoms with Crippen molar-refractivity contribution in [1.82, 2.24) is 4.90 Å². The quantitative estimate of drug-likeness (QED) is 0.683. The van der Waals surface area contributed by atoms with Crippen molar-refractivity contribution >= 4 is 0 Å². The van der Waals surface area contributed by atoms with Gasteiger partial charge in [0.05, 0.1) is 18.1 Å². The number of methoxy groups -OCH3 is 2. The molecule has 174 valence electrons. The zero-order chi connectivity index (χ0) is 22.5. The molecule has 1 saturated carbocycles. The Bertz CT molecular complexity index is 988. The highest BCUT2D eigenvalue weighted by Gasteiger charge is 2.80. The lowest BCUT2D eigenvalue weighted by atomic mass is 9.36. The number of likely N-dealkylation sites (N-methyl/N-ethyl adjacent to an activating group) is 1. The van der Waals surface area contributed by atoms with Crippen molar-refractivity contribution in [2.45, 2.75) is 81.1 Å². The van der Waals surface area contributed by atoms with Gasteiger partial charge in [-0.15, -0.1) is 0 Å². The number of rotatable bonds is 6. The zero-order valence-electron chi connectivity index (χ0n) is 20.1. The molecule has 1 saturated heterocycles. The molecule has 5 nitrogen and oxygen atoms in total. The van der Waals surface area contributed by atoms with Crippen molar-refractivity contribution < 1.29 is 19.3 Å². The van der Waals surface area contributed by atoms with Gasteiger partial charge in [-0.3, -0.25) is 0 Å². The van der Waals surface area contributed by atoms with Crippen LogP contribution in [0, 0.1) is 11.3 Å². The van der Waals surface area contributed by atoms with Crippen molar-refractivity contribution in [2.75, 3.05) is 27.8 Å². The lowest BCUT2D eigenvalue weighted by Gasteiger charge is -2.72. The van der Waals surface area contributed by atoms with Gasteiger partial charge in [0.2, 0.25) is 0 Å². The van der Waals surface area contributed by atoms with Crippen LogP contribution < -0.4 is 9.47 Å². The first-order valence-corrected chi connectivity index (χ1v) is 12.4. The molecular weight excluding hydrogens is 402 g/mol. The lowest BCUT2D eigenvalue weighted by molar-refractivity contribution is -0.247. The lowest BCUT2D eigenvalue weighted by Crippen LogP contribution is -2.80. The number of benzene rings is 1. The first kappa shape index (κ1) is 21.0. The summed E-state index contributed by atoms with van der Waals surface area (Å²) in [5.41, 5.74) is 1.08. The maximum Gasteiger partial charge on any atom is 0.166 e. The van der Waals surface area contributed by atoms with Gasteiger partial charge >= 0.3 is 0 Å². The van der Waals surface area contributed by atoms with Gasteiger partial charge in [-0.25, -0.2) is 0 Å². The van der Waals surface area contributed by atoms with Crippen LogP contribution in [0.2, 0.25) is 0 Å². The summed E-state index contributed by atoms with van der Waals surface area (Å²) < 4.78 is 19.2. The van der Waals surface area contributed by atoms with Gasteiger partial charge in [0, 0.05) is 30.0 Å². The number of piperidine rings is 1. The van der Waals surface area contributed by atoms with E-state index in [0.717, 1.165) is 56.6 Å². The molecule has 4 bridgehead atoms. The minimum atomic E-state index is -0.819. The number of ether oxygens (including phenoxy) is 3. The molecule has 1 aromatic rings. The van der Waals surface area contributed by atoms with Gasteiger partial charge in [0.1, 0.15) is 11.7 Å². The van der Waals surface area contributed by atoms with E-state index >= 15 is 0 Å². The summed E-state index contributed by atoms with van der Waals surface area (Å²) in [6.07, 6.45) is 10.4. The summed E-state index contributed by atoms with van der Waals surface area (Å²) in [5, 5.41) is 11.9. The monoisotopic (exact) mass is 439 g/mol. The third kappa shape index (κ3) is 2.12. The van der Waals surface area contributed by atoms with E-state index < -0.39 is 11.2 Å². The van der Waals surface area contributed by atoms with E-state index in [9.17, 15) is 5.11 Å². The number of hydrogen-bond donors (Lipinski definition) is 1. The molecule has 2 heterocycles. The molecule has 32 heavy (non-hydrogen) atoms. The van der Waals surface area contributed by atoms with Crippen LogP contribution in [0.3, 0.4) is 0 Å². The van der Waals surface area contributed by atoms with Crippen molar-refractivity contribution in [1.29, 1.82) is 0 Å². The van der Waals surface area contributed by atoms with Crippen molar-refractivity contribution in [3.63, 3.8) is 0 Å². The topological polar surface area (TPSA) is 51.2 Å². The second-order valence-electron chi connectivity index (χ2n) is 11.2. The van der Waals surface area contributed by atoms with Crippen LogP contribution >= 0.6 is 0 Å². The molecule has 2 spiro atoms. The Kier molecular flexibility index (Phi) is 4.28. The molecule has 2 fully saturated rings. The highest BCUT2D eigenvalue weighted by Crippen LogP contribution is 2.75. The third-order valence-electron chi connectivity index (χ3n) is 10.1. The van der Waals surface area contributed by atoms with Crippen LogP contribution in [0.4, 0.5) is 0 Å². The third-order valence-corrected chi connectivity index (χ3v) is 10.1. The van der Waals surface area contributed by atoms with Gasteiger partial charge in [-0.1, -0.05) is 38.0 Å². The normalized spacial score (nSPS) is 42.4. The molecule has 7 rings (SSSR count). The number of nitrogens with zero attached hydrogens (tertiary/aromatic N) is 1. The largest absolute Gasteiger partial charge is 0.493 e. The molecule has 1 N–H and O–H groups in total. The number of fused-ring (bicyclic) bond motifs is 1. The zero-order valence-corrected chi connectivity index (χ0v) is 20.1. The smallest absolute Gasteiger partial charge is 0.166 e. The number of unbranched alkanes of at least 4 members (excludes halogenated alkanes) is 1. The Morgan fingerprint density at radius 2 is 2.09 bits per heavy atom. The highest BCUT2D eigenvalue weighted by molar-refractivity contribution is 5.65. The summed E-state index contributed by atoms with van der Waals surface area (Å²) in [4.78, 5) is 2.56. The second kappa shape index (κ2) is 6.52. The van der Waals surface area contributed by atoms with E-state index in [1.54, 1.807) is 7.11 Å². The number of hydrogen-bond acceptors (Lipinski definition) is 5. The average Bonchev–Trinajstić information content (AvgIpc) is 3.17. The maximum atomic E-state index is 11.9. The predicted octanol–water partition coefficient (Wildman–Crippen LogP) is 3.86. The first-order valence-electron chi connectivity index (χ1n) is 12.4. The van der Waals surface area contributed by atoms with Crippen molar-refractivity contribution in [2.24, 2.45) is 11.3 Å².